The SMILES string of the molecule is N=C(N)N(O[N+](=O)[O-])c1ccc(OCCn2cncn2)cc1. The fourth-order valence-corrected chi connectivity index (χ4v) is 1.58. The van der Waals surface area contributed by atoms with E-state index in [0.29, 0.717) is 24.0 Å². The van der Waals surface area contributed by atoms with Crippen LogP contribution in [0.1, 0.15) is 0 Å². The van der Waals surface area contributed by atoms with Crippen LogP contribution >= 0.6 is 0 Å². The van der Waals surface area contributed by atoms with E-state index in [0.717, 1.165) is 0 Å². The average molecular weight is 307 g/mol. The lowest BCUT2D eigenvalue weighted by Gasteiger charge is -2.18. The standard InChI is InChI=1S/C11H13N7O4/c12-11(13)17(22-18(19)20)9-1-3-10(4-2-9)21-6-5-16-8-14-7-15-16/h1-4,7-8H,5-6H2,(H3,12,13). The molecule has 116 valence electrons. The number of anilines is 1. The third-order valence-corrected chi connectivity index (χ3v) is 2.49. The zero-order valence-corrected chi connectivity index (χ0v) is 11.3. The van der Waals surface area contributed by atoms with Gasteiger partial charge in [0.25, 0.3) is 0 Å². The van der Waals surface area contributed by atoms with Gasteiger partial charge in [0.2, 0.25) is 5.96 Å². The van der Waals surface area contributed by atoms with Gasteiger partial charge in [0.05, 0.1) is 12.2 Å². The Morgan fingerprint density at radius 2 is 2.18 bits per heavy atom. The first-order chi connectivity index (χ1) is 10.6. The fourth-order valence-electron chi connectivity index (χ4n) is 1.58. The van der Waals surface area contributed by atoms with Crippen LogP contribution in [0.5, 0.6) is 5.75 Å². The molecule has 0 fully saturated rings. The van der Waals surface area contributed by atoms with Gasteiger partial charge >= 0.3 is 5.09 Å². The zero-order valence-electron chi connectivity index (χ0n) is 11.3. The zero-order chi connectivity index (χ0) is 15.9. The third-order valence-electron chi connectivity index (χ3n) is 2.49. The Morgan fingerprint density at radius 1 is 1.45 bits per heavy atom. The minimum Gasteiger partial charge on any atom is -0.492 e. The van der Waals surface area contributed by atoms with E-state index < -0.39 is 11.0 Å². The molecule has 0 atom stereocenters. The number of hydrogen-bond donors (Lipinski definition) is 2. The molecule has 3 N–H and O–H groups in total. The van der Waals surface area contributed by atoms with E-state index >= 15 is 0 Å². The van der Waals surface area contributed by atoms with Crippen LogP contribution in [0.15, 0.2) is 36.9 Å². The summed E-state index contributed by atoms with van der Waals surface area (Å²) in [6.45, 7) is 0.913. The molecule has 11 nitrogen and oxygen atoms in total. The van der Waals surface area contributed by atoms with E-state index in [4.69, 9.17) is 15.9 Å². The number of guanidine groups is 1. The normalized spacial score (nSPS) is 10.0. The summed E-state index contributed by atoms with van der Waals surface area (Å²) in [5.41, 5.74) is 5.45. The maximum Gasteiger partial charge on any atom is 0.317 e. The predicted molar refractivity (Wildman–Crippen MR) is 74.4 cm³/mol. The van der Waals surface area contributed by atoms with Crippen molar-refractivity contribution in [3.8, 4) is 5.75 Å². The number of hydroxylamine groups is 1. The van der Waals surface area contributed by atoms with Gasteiger partial charge in [-0.3, -0.25) is 5.41 Å². The molecule has 2 rings (SSSR count). The lowest BCUT2D eigenvalue weighted by Crippen LogP contribution is -2.38. The van der Waals surface area contributed by atoms with Gasteiger partial charge in [-0.05, 0) is 24.3 Å². The Morgan fingerprint density at radius 3 is 2.73 bits per heavy atom. The summed E-state index contributed by atoms with van der Waals surface area (Å²) in [4.78, 5) is 18.4. The molecule has 0 radical (unpaired) electrons. The molecule has 1 aromatic heterocycles. The van der Waals surface area contributed by atoms with Crippen molar-refractivity contribution in [1.82, 2.24) is 14.8 Å². The summed E-state index contributed by atoms with van der Waals surface area (Å²) in [6.07, 6.45) is 3.01. The monoisotopic (exact) mass is 307 g/mol. The fraction of sp³-hybridized carbons (Fsp3) is 0.182. The molecule has 2 aromatic rings. The minimum atomic E-state index is -1.05. The van der Waals surface area contributed by atoms with Gasteiger partial charge in [0.1, 0.15) is 25.0 Å². The lowest BCUT2D eigenvalue weighted by molar-refractivity contribution is -0.758. The van der Waals surface area contributed by atoms with Crippen molar-refractivity contribution in [2.75, 3.05) is 11.7 Å². The number of hydrogen-bond acceptors (Lipinski definition) is 7. The first-order valence-corrected chi connectivity index (χ1v) is 6.08. The summed E-state index contributed by atoms with van der Waals surface area (Å²) in [6, 6.07) is 6.12. The molecule has 1 aromatic carbocycles. The summed E-state index contributed by atoms with van der Waals surface area (Å²) < 4.78 is 7.11. The lowest BCUT2D eigenvalue weighted by atomic mass is 10.3. The molecular weight excluding hydrogens is 294 g/mol. The Labute approximate surface area is 124 Å². The van der Waals surface area contributed by atoms with Gasteiger partial charge < -0.3 is 10.5 Å². The maximum absolute atomic E-state index is 10.4. The molecule has 22 heavy (non-hydrogen) atoms. The Bertz CT molecular complexity index is 628. The number of rotatable bonds is 7. The average Bonchev–Trinajstić information content (AvgIpc) is 2.98. The molecule has 0 aliphatic heterocycles. The van der Waals surface area contributed by atoms with Crippen LogP contribution in [0.3, 0.4) is 0 Å². The molecule has 0 unspecified atom stereocenters. The van der Waals surface area contributed by atoms with Crippen molar-refractivity contribution in [3.63, 3.8) is 0 Å². The highest BCUT2D eigenvalue weighted by atomic mass is 17.0. The van der Waals surface area contributed by atoms with Crippen LogP contribution < -0.4 is 15.5 Å². The molecule has 0 aliphatic rings. The van der Waals surface area contributed by atoms with Crippen molar-refractivity contribution in [2.45, 2.75) is 6.54 Å². The quantitative estimate of drug-likeness (QED) is 0.319. The topological polar surface area (TPSA) is 145 Å². The first-order valence-electron chi connectivity index (χ1n) is 6.08. The van der Waals surface area contributed by atoms with E-state index in [1.165, 1.54) is 18.5 Å². The van der Waals surface area contributed by atoms with Crippen LogP contribution in [-0.2, 0) is 11.5 Å². The van der Waals surface area contributed by atoms with Crippen molar-refractivity contribution >= 4 is 11.6 Å². The van der Waals surface area contributed by atoms with Crippen LogP contribution in [0.4, 0.5) is 5.69 Å². The second-order valence-corrected chi connectivity index (χ2v) is 3.99. The van der Waals surface area contributed by atoms with E-state index in [1.807, 2.05) is 0 Å². The second-order valence-electron chi connectivity index (χ2n) is 3.99. The van der Waals surface area contributed by atoms with Gasteiger partial charge in [-0.2, -0.15) is 10.0 Å². The Hall–Kier alpha value is -3.37. The van der Waals surface area contributed by atoms with Crippen molar-refractivity contribution in [3.05, 3.63) is 47.0 Å². The molecule has 0 amide bonds. The highest BCUT2D eigenvalue weighted by Crippen LogP contribution is 2.19. The van der Waals surface area contributed by atoms with Gasteiger partial charge in [-0.15, -0.1) is 15.2 Å². The molecule has 0 saturated heterocycles. The van der Waals surface area contributed by atoms with E-state index in [9.17, 15) is 10.1 Å². The highest BCUT2D eigenvalue weighted by molar-refractivity contribution is 5.90. The summed E-state index contributed by atoms with van der Waals surface area (Å²) >= 11 is 0. The highest BCUT2D eigenvalue weighted by Gasteiger charge is 2.14. The summed E-state index contributed by atoms with van der Waals surface area (Å²) in [5, 5.41) is 21.1. The largest absolute Gasteiger partial charge is 0.492 e. The summed E-state index contributed by atoms with van der Waals surface area (Å²) in [5.74, 6) is -0.0648. The molecule has 0 spiro atoms. The number of nitrogens with one attached hydrogen (secondary N) is 1. The number of benzene rings is 1. The molecule has 1 heterocycles. The number of ether oxygens (including phenoxy) is 1. The molecule has 0 aliphatic carbocycles. The molecule has 0 saturated carbocycles. The summed E-state index contributed by atoms with van der Waals surface area (Å²) in [7, 11) is 0. The van der Waals surface area contributed by atoms with E-state index in [2.05, 4.69) is 15.0 Å². The predicted octanol–water partition coefficient (Wildman–Crippen LogP) is 0.180. The Kier molecular flexibility index (Phi) is 4.70. The third kappa shape index (κ3) is 4.06. The van der Waals surface area contributed by atoms with E-state index in [-0.39, 0.29) is 5.69 Å². The van der Waals surface area contributed by atoms with Gasteiger partial charge in [-0.25, -0.2) is 9.67 Å². The van der Waals surface area contributed by atoms with Crippen LogP contribution in [0.25, 0.3) is 0 Å². The van der Waals surface area contributed by atoms with Crippen molar-refractivity contribution < 1.29 is 14.8 Å². The van der Waals surface area contributed by atoms with Gasteiger partial charge in [-0.1, -0.05) is 0 Å². The molecular formula is C11H13N7O4. The van der Waals surface area contributed by atoms with Gasteiger partial charge in [0, 0.05) is 0 Å². The van der Waals surface area contributed by atoms with E-state index in [1.54, 1.807) is 23.1 Å². The minimum absolute atomic E-state index is 0.229. The molecule has 0 bridgehead atoms. The van der Waals surface area contributed by atoms with Crippen molar-refractivity contribution in [2.24, 2.45) is 5.73 Å². The smallest absolute Gasteiger partial charge is 0.317 e. The van der Waals surface area contributed by atoms with Crippen molar-refractivity contribution in [1.29, 1.82) is 5.41 Å². The Balaban J connectivity index is 1.93. The van der Waals surface area contributed by atoms with Gasteiger partial charge in [0.15, 0.2) is 0 Å². The molecule has 11 heteroatoms. The van der Waals surface area contributed by atoms with Crippen LogP contribution in [0, 0.1) is 15.5 Å². The number of aromatic nitrogens is 3. The van der Waals surface area contributed by atoms with Crippen LogP contribution in [0.2, 0.25) is 0 Å². The number of nitrogens with two attached hydrogens (primary N) is 1. The maximum atomic E-state index is 10.4. The number of nitrogens with zero attached hydrogens (tertiary/aromatic N) is 5. The first kappa shape index (κ1) is 15.0. The van der Waals surface area contributed by atoms with Crippen LogP contribution in [-0.4, -0.2) is 32.4 Å². The second kappa shape index (κ2) is 6.88.